The number of nitriles is 1. The summed E-state index contributed by atoms with van der Waals surface area (Å²) in [6.07, 6.45) is 0. The van der Waals surface area contributed by atoms with Crippen molar-refractivity contribution in [3.05, 3.63) is 28.8 Å². The Morgan fingerprint density at radius 2 is 2.29 bits per heavy atom. The minimum atomic E-state index is 0.319. The molecule has 0 aliphatic rings. The quantitative estimate of drug-likeness (QED) is 0.709. The first-order valence-electron chi connectivity index (χ1n) is 4.17. The number of ether oxygens (including phenoxy) is 1. The standard InChI is InChI=1S/C10H12N2O2/c1-7-3-8(6-12-13)4-9(5-11)10(7)14-2/h3-4,12-13H,6H2,1-2H3. The zero-order chi connectivity index (χ0) is 10.6. The molecular formula is C10H12N2O2. The molecule has 0 saturated heterocycles. The third-order valence-corrected chi connectivity index (χ3v) is 1.94. The lowest BCUT2D eigenvalue weighted by Gasteiger charge is -2.09. The van der Waals surface area contributed by atoms with Gasteiger partial charge in [0.2, 0.25) is 0 Å². The van der Waals surface area contributed by atoms with Crippen LogP contribution in [0.3, 0.4) is 0 Å². The molecule has 1 rings (SSSR count). The number of nitrogens with zero attached hydrogens (tertiary/aromatic N) is 1. The molecule has 0 saturated carbocycles. The summed E-state index contributed by atoms with van der Waals surface area (Å²) in [6.45, 7) is 2.18. The summed E-state index contributed by atoms with van der Waals surface area (Å²) in [7, 11) is 1.53. The van der Waals surface area contributed by atoms with Gasteiger partial charge in [-0.1, -0.05) is 6.07 Å². The zero-order valence-electron chi connectivity index (χ0n) is 8.16. The molecule has 0 fully saturated rings. The summed E-state index contributed by atoms with van der Waals surface area (Å²) < 4.78 is 5.09. The fraction of sp³-hybridized carbons (Fsp3) is 0.300. The number of hydrogen-bond acceptors (Lipinski definition) is 4. The van der Waals surface area contributed by atoms with Crippen molar-refractivity contribution in [2.75, 3.05) is 7.11 Å². The largest absolute Gasteiger partial charge is 0.495 e. The lowest BCUT2D eigenvalue weighted by atomic mass is 10.1. The number of hydroxylamine groups is 1. The van der Waals surface area contributed by atoms with E-state index in [0.717, 1.165) is 11.1 Å². The molecule has 4 nitrogen and oxygen atoms in total. The first-order valence-corrected chi connectivity index (χ1v) is 4.17. The molecule has 0 heterocycles. The molecule has 0 aromatic heterocycles. The maximum absolute atomic E-state index is 8.85. The van der Waals surface area contributed by atoms with Gasteiger partial charge in [0.1, 0.15) is 11.8 Å². The van der Waals surface area contributed by atoms with E-state index in [1.54, 1.807) is 6.07 Å². The van der Waals surface area contributed by atoms with Crippen LogP contribution in [0.2, 0.25) is 0 Å². The van der Waals surface area contributed by atoms with Gasteiger partial charge in [0.05, 0.1) is 12.7 Å². The van der Waals surface area contributed by atoms with Crippen molar-refractivity contribution in [1.29, 1.82) is 5.26 Å². The van der Waals surface area contributed by atoms with E-state index in [0.29, 0.717) is 17.9 Å². The molecule has 0 aliphatic carbocycles. The van der Waals surface area contributed by atoms with E-state index in [9.17, 15) is 0 Å². The van der Waals surface area contributed by atoms with Crippen LogP contribution < -0.4 is 10.2 Å². The molecule has 74 valence electrons. The summed E-state index contributed by atoms with van der Waals surface area (Å²) in [5.41, 5.74) is 4.27. The van der Waals surface area contributed by atoms with Crippen LogP contribution >= 0.6 is 0 Å². The van der Waals surface area contributed by atoms with Gasteiger partial charge in [0.25, 0.3) is 0 Å². The molecule has 4 heteroatoms. The normalized spacial score (nSPS) is 9.57. The molecule has 0 spiro atoms. The van der Waals surface area contributed by atoms with Gasteiger partial charge < -0.3 is 9.94 Å². The molecule has 0 aliphatic heterocycles. The maximum Gasteiger partial charge on any atom is 0.139 e. The number of aryl methyl sites for hydroxylation is 1. The van der Waals surface area contributed by atoms with Gasteiger partial charge in [-0.3, -0.25) is 0 Å². The molecule has 0 unspecified atom stereocenters. The first-order chi connectivity index (χ1) is 6.72. The second-order valence-corrected chi connectivity index (χ2v) is 2.94. The Labute approximate surface area is 82.7 Å². The predicted molar refractivity (Wildman–Crippen MR) is 51.1 cm³/mol. The van der Waals surface area contributed by atoms with E-state index < -0.39 is 0 Å². The van der Waals surface area contributed by atoms with Crippen LogP contribution in [0.5, 0.6) is 5.75 Å². The molecule has 0 bridgehead atoms. The number of methoxy groups -OCH3 is 1. The van der Waals surface area contributed by atoms with Gasteiger partial charge in [-0.15, -0.1) is 0 Å². The summed E-state index contributed by atoms with van der Waals surface area (Å²) in [5.74, 6) is 0.592. The molecule has 2 N–H and O–H groups in total. The third-order valence-electron chi connectivity index (χ3n) is 1.94. The van der Waals surface area contributed by atoms with Crippen molar-refractivity contribution in [3.63, 3.8) is 0 Å². The van der Waals surface area contributed by atoms with Crippen LogP contribution in [0.25, 0.3) is 0 Å². The summed E-state index contributed by atoms with van der Waals surface area (Å²) in [5, 5.41) is 17.4. The van der Waals surface area contributed by atoms with Crippen LogP contribution in [-0.2, 0) is 6.54 Å². The van der Waals surface area contributed by atoms with Gasteiger partial charge in [-0.25, -0.2) is 5.48 Å². The Morgan fingerprint density at radius 3 is 2.79 bits per heavy atom. The Bertz CT molecular complexity index is 369. The average Bonchev–Trinajstić information content (AvgIpc) is 2.17. The topological polar surface area (TPSA) is 65.3 Å². The number of nitrogens with one attached hydrogen (secondary N) is 1. The molecule has 1 aromatic carbocycles. The number of hydrogen-bond donors (Lipinski definition) is 2. The highest BCUT2D eigenvalue weighted by atomic mass is 16.5. The maximum atomic E-state index is 8.85. The SMILES string of the molecule is COc1c(C)cc(CNO)cc1C#N. The minimum absolute atomic E-state index is 0.319. The Kier molecular flexibility index (Phi) is 3.46. The minimum Gasteiger partial charge on any atom is -0.495 e. The molecule has 0 radical (unpaired) electrons. The van der Waals surface area contributed by atoms with E-state index in [2.05, 4.69) is 6.07 Å². The summed E-state index contributed by atoms with van der Waals surface area (Å²) in [4.78, 5) is 0. The third kappa shape index (κ3) is 2.02. The van der Waals surface area contributed by atoms with E-state index in [1.807, 2.05) is 18.5 Å². The summed E-state index contributed by atoms with van der Waals surface area (Å²) >= 11 is 0. The van der Waals surface area contributed by atoms with Gasteiger partial charge in [0, 0.05) is 6.54 Å². The smallest absolute Gasteiger partial charge is 0.139 e. The molecule has 0 atom stereocenters. The lowest BCUT2D eigenvalue weighted by Crippen LogP contribution is -2.07. The molecule has 0 amide bonds. The number of benzene rings is 1. The van der Waals surface area contributed by atoms with Crippen LogP contribution in [0, 0.1) is 18.3 Å². The second-order valence-electron chi connectivity index (χ2n) is 2.94. The van der Waals surface area contributed by atoms with E-state index in [-0.39, 0.29) is 0 Å². The Morgan fingerprint density at radius 1 is 1.57 bits per heavy atom. The highest BCUT2D eigenvalue weighted by Gasteiger charge is 2.07. The van der Waals surface area contributed by atoms with E-state index in [1.165, 1.54) is 7.11 Å². The summed E-state index contributed by atoms with van der Waals surface area (Å²) in [6, 6.07) is 5.61. The fourth-order valence-electron chi connectivity index (χ4n) is 1.40. The Balaban J connectivity index is 3.19. The van der Waals surface area contributed by atoms with E-state index >= 15 is 0 Å². The van der Waals surface area contributed by atoms with Crippen molar-refractivity contribution >= 4 is 0 Å². The van der Waals surface area contributed by atoms with Crippen LogP contribution in [-0.4, -0.2) is 12.3 Å². The Hall–Kier alpha value is -1.57. The van der Waals surface area contributed by atoms with Crippen molar-refractivity contribution in [3.8, 4) is 11.8 Å². The van der Waals surface area contributed by atoms with Crippen molar-refractivity contribution < 1.29 is 9.94 Å². The zero-order valence-corrected chi connectivity index (χ0v) is 8.16. The average molecular weight is 192 g/mol. The van der Waals surface area contributed by atoms with Crippen LogP contribution in [0.15, 0.2) is 12.1 Å². The molecule has 1 aromatic rings. The van der Waals surface area contributed by atoms with Crippen LogP contribution in [0.1, 0.15) is 16.7 Å². The van der Waals surface area contributed by atoms with Crippen molar-refractivity contribution in [2.45, 2.75) is 13.5 Å². The monoisotopic (exact) mass is 192 g/mol. The van der Waals surface area contributed by atoms with Gasteiger partial charge >= 0.3 is 0 Å². The van der Waals surface area contributed by atoms with Gasteiger partial charge in [-0.05, 0) is 24.1 Å². The highest BCUT2D eigenvalue weighted by Crippen LogP contribution is 2.24. The van der Waals surface area contributed by atoms with Crippen LogP contribution in [0.4, 0.5) is 0 Å². The van der Waals surface area contributed by atoms with Gasteiger partial charge in [-0.2, -0.15) is 5.26 Å². The molecular weight excluding hydrogens is 180 g/mol. The molecule has 14 heavy (non-hydrogen) atoms. The number of rotatable bonds is 3. The predicted octanol–water partition coefficient (Wildman–Crippen LogP) is 1.35. The fourth-order valence-corrected chi connectivity index (χ4v) is 1.40. The van der Waals surface area contributed by atoms with E-state index in [4.69, 9.17) is 15.2 Å². The lowest BCUT2D eigenvalue weighted by molar-refractivity contribution is 0.161. The van der Waals surface area contributed by atoms with Crippen molar-refractivity contribution in [2.24, 2.45) is 0 Å². The van der Waals surface area contributed by atoms with Crippen molar-refractivity contribution in [1.82, 2.24) is 5.48 Å². The second kappa shape index (κ2) is 4.61. The highest BCUT2D eigenvalue weighted by molar-refractivity contribution is 5.50. The van der Waals surface area contributed by atoms with Gasteiger partial charge in [0.15, 0.2) is 0 Å². The first kappa shape index (κ1) is 10.5.